The summed E-state index contributed by atoms with van der Waals surface area (Å²) in [5, 5.41) is 1.11. The number of nitrogens with zero attached hydrogens (tertiary/aromatic N) is 1. The minimum atomic E-state index is 0.784. The van der Waals surface area contributed by atoms with E-state index in [4.69, 9.17) is 4.74 Å². The molecule has 0 aromatic heterocycles. The molecule has 86 valence electrons. The van der Waals surface area contributed by atoms with Gasteiger partial charge in [-0.3, -0.25) is 0 Å². The van der Waals surface area contributed by atoms with E-state index in [9.17, 15) is 0 Å². The monoisotopic (exact) mass is 265 g/mol. The van der Waals surface area contributed by atoms with Gasteiger partial charge in [-0.05, 0) is 26.3 Å². The summed E-state index contributed by atoms with van der Waals surface area (Å²) >= 11 is 3.57. The Morgan fingerprint density at radius 3 is 2.57 bits per heavy atom. The lowest BCUT2D eigenvalue weighted by molar-refractivity contribution is 0.117. The molecule has 0 aliphatic heterocycles. The Morgan fingerprint density at radius 1 is 1.36 bits per heavy atom. The number of hydrogen-bond acceptors (Lipinski definition) is 2. The van der Waals surface area contributed by atoms with E-state index >= 15 is 0 Å². The highest BCUT2D eigenvalue weighted by Gasteiger charge is 2.08. The van der Waals surface area contributed by atoms with Gasteiger partial charge in [0.15, 0.2) is 0 Å². The number of halogens is 1. The van der Waals surface area contributed by atoms with E-state index in [1.807, 2.05) is 6.92 Å². The summed E-state index contributed by atoms with van der Waals surface area (Å²) in [5.74, 6) is 0.784. The standard InChI is InChI=1S/C11H24BrNO/c1-4-6-11(9-12)10-13(3)7-8-14-5-2/h11H,4-10H2,1-3H3. The second-order valence-corrected chi connectivity index (χ2v) is 4.42. The molecule has 0 fully saturated rings. The third kappa shape index (κ3) is 7.77. The zero-order valence-corrected chi connectivity index (χ0v) is 11.3. The first-order valence-electron chi connectivity index (χ1n) is 5.56. The molecule has 14 heavy (non-hydrogen) atoms. The van der Waals surface area contributed by atoms with Gasteiger partial charge in [0.1, 0.15) is 0 Å². The highest BCUT2D eigenvalue weighted by atomic mass is 79.9. The number of alkyl halides is 1. The second-order valence-electron chi connectivity index (χ2n) is 3.77. The molecule has 3 heteroatoms. The lowest BCUT2D eigenvalue weighted by Crippen LogP contribution is -2.29. The fourth-order valence-corrected chi connectivity index (χ4v) is 2.05. The highest BCUT2D eigenvalue weighted by molar-refractivity contribution is 9.09. The zero-order valence-electron chi connectivity index (χ0n) is 9.76. The molecule has 0 aliphatic carbocycles. The van der Waals surface area contributed by atoms with Gasteiger partial charge in [-0.2, -0.15) is 0 Å². The minimum Gasteiger partial charge on any atom is -0.380 e. The van der Waals surface area contributed by atoms with Crippen LogP contribution in [-0.2, 0) is 4.74 Å². The van der Waals surface area contributed by atoms with Crippen LogP contribution in [0.4, 0.5) is 0 Å². The lowest BCUT2D eigenvalue weighted by atomic mass is 10.1. The van der Waals surface area contributed by atoms with Crippen molar-refractivity contribution in [3.63, 3.8) is 0 Å². The molecule has 0 N–H and O–H groups in total. The first-order chi connectivity index (χ1) is 6.74. The maximum Gasteiger partial charge on any atom is 0.0593 e. The molecular weight excluding hydrogens is 242 g/mol. The van der Waals surface area contributed by atoms with Crippen LogP contribution in [0.2, 0.25) is 0 Å². The molecule has 0 bridgehead atoms. The van der Waals surface area contributed by atoms with Crippen molar-refractivity contribution in [3.05, 3.63) is 0 Å². The molecule has 1 unspecified atom stereocenters. The average molecular weight is 266 g/mol. The van der Waals surface area contributed by atoms with Gasteiger partial charge >= 0.3 is 0 Å². The third-order valence-electron chi connectivity index (χ3n) is 2.31. The molecule has 2 nitrogen and oxygen atoms in total. The topological polar surface area (TPSA) is 12.5 Å². The molecule has 0 amide bonds. The Balaban J connectivity index is 3.51. The fraction of sp³-hybridized carbons (Fsp3) is 1.00. The van der Waals surface area contributed by atoms with Crippen LogP contribution >= 0.6 is 15.9 Å². The predicted octanol–water partition coefficient (Wildman–Crippen LogP) is 2.77. The van der Waals surface area contributed by atoms with Crippen molar-refractivity contribution in [1.29, 1.82) is 0 Å². The molecule has 0 radical (unpaired) electrons. The Bertz CT molecular complexity index is 122. The van der Waals surface area contributed by atoms with Crippen molar-refractivity contribution in [2.24, 2.45) is 5.92 Å². The maximum absolute atomic E-state index is 5.33. The summed E-state index contributed by atoms with van der Waals surface area (Å²) < 4.78 is 5.33. The summed E-state index contributed by atoms with van der Waals surface area (Å²) in [6.07, 6.45) is 2.58. The lowest BCUT2D eigenvalue weighted by Gasteiger charge is -2.22. The van der Waals surface area contributed by atoms with Gasteiger partial charge in [-0.25, -0.2) is 0 Å². The molecule has 0 rings (SSSR count). The van der Waals surface area contributed by atoms with E-state index in [1.165, 1.54) is 19.4 Å². The first-order valence-corrected chi connectivity index (χ1v) is 6.68. The van der Waals surface area contributed by atoms with E-state index in [0.717, 1.165) is 31.0 Å². The zero-order chi connectivity index (χ0) is 10.8. The highest BCUT2D eigenvalue weighted by Crippen LogP contribution is 2.10. The fourth-order valence-electron chi connectivity index (χ4n) is 1.52. The SMILES string of the molecule is CCCC(CBr)CN(C)CCOCC. The third-order valence-corrected chi connectivity index (χ3v) is 3.22. The minimum absolute atomic E-state index is 0.784. The largest absolute Gasteiger partial charge is 0.380 e. The van der Waals surface area contributed by atoms with Crippen molar-refractivity contribution in [1.82, 2.24) is 4.90 Å². The molecule has 0 saturated heterocycles. The summed E-state index contributed by atoms with van der Waals surface area (Å²) in [5.41, 5.74) is 0. The Kier molecular flexibility index (Phi) is 10.2. The molecule has 0 spiro atoms. The first kappa shape index (κ1) is 14.4. The molecule has 0 heterocycles. The van der Waals surface area contributed by atoms with Crippen LogP contribution in [0.15, 0.2) is 0 Å². The van der Waals surface area contributed by atoms with Gasteiger partial charge < -0.3 is 9.64 Å². The summed E-state index contributed by atoms with van der Waals surface area (Å²) in [6.45, 7) is 8.18. The van der Waals surface area contributed by atoms with Crippen LogP contribution in [0.25, 0.3) is 0 Å². The van der Waals surface area contributed by atoms with Crippen molar-refractivity contribution in [3.8, 4) is 0 Å². The van der Waals surface area contributed by atoms with Crippen LogP contribution in [0.5, 0.6) is 0 Å². The molecule has 1 atom stereocenters. The quantitative estimate of drug-likeness (QED) is 0.470. The van der Waals surface area contributed by atoms with Gasteiger partial charge in [0.05, 0.1) is 6.61 Å². The Hall–Kier alpha value is 0.400. The molecule has 0 saturated carbocycles. The van der Waals surface area contributed by atoms with Crippen molar-refractivity contribution in [2.75, 3.05) is 38.7 Å². The van der Waals surface area contributed by atoms with Gasteiger partial charge in [-0.15, -0.1) is 0 Å². The van der Waals surface area contributed by atoms with Crippen LogP contribution in [0.3, 0.4) is 0 Å². The van der Waals surface area contributed by atoms with Crippen LogP contribution in [0, 0.1) is 5.92 Å². The maximum atomic E-state index is 5.33. The molecule has 0 aliphatic rings. The van der Waals surface area contributed by atoms with E-state index in [2.05, 4.69) is 34.8 Å². The van der Waals surface area contributed by atoms with Gasteiger partial charge in [0.2, 0.25) is 0 Å². The summed E-state index contributed by atoms with van der Waals surface area (Å²) in [6, 6.07) is 0. The van der Waals surface area contributed by atoms with Crippen molar-refractivity contribution >= 4 is 15.9 Å². The van der Waals surface area contributed by atoms with Crippen molar-refractivity contribution in [2.45, 2.75) is 26.7 Å². The van der Waals surface area contributed by atoms with Crippen LogP contribution < -0.4 is 0 Å². The summed E-state index contributed by atoms with van der Waals surface area (Å²) in [7, 11) is 2.17. The molecule has 0 aromatic rings. The van der Waals surface area contributed by atoms with Crippen LogP contribution in [0.1, 0.15) is 26.7 Å². The van der Waals surface area contributed by atoms with Gasteiger partial charge in [0, 0.05) is 25.0 Å². The van der Waals surface area contributed by atoms with Crippen LogP contribution in [-0.4, -0.2) is 43.6 Å². The predicted molar refractivity (Wildman–Crippen MR) is 66.2 cm³/mol. The number of likely N-dealkylation sites (N-methyl/N-ethyl adjacent to an activating group) is 1. The number of ether oxygens (including phenoxy) is 1. The smallest absolute Gasteiger partial charge is 0.0593 e. The Labute approximate surface area is 97.1 Å². The molecular formula is C11H24BrNO. The number of rotatable bonds is 9. The van der Waals surface area contributed by atoms with Crippen molar-refractivity contribution < 1.29 is 4.74 Å². The Morgan fingerprint density at radius 2 is 2.07 bits per heavy atom. The van der Waals surface area contributed by atoms with E-state index in [1.54, 1.807) is 0 Å². The van der Waals surface area contributed by atoms with E-state index in [-0.39, 0.29) is 0 Å². The second kappa shape index (κ2) is 9.94. The van der Waals surface area contributed by atoms with E-state index in [0.29, 0.717) is 0 Å². The number of hydrogen-bond donors (Lipinski definition) is 0. The average Bonchev–Trinajstić information content (AvgIpc) is 2.17. The molecule has 0 aromatic carbocycles. The summed E-state index contributed by atoms with van der Waals surface area (Å²) in [4.78, 5) is 2.36. The normalized spacial score (nSPS) is 13.5. The van der Waals surface area contributed by atoms with E-state index < -0.39 is 0 Å². The van der Waals surface area contributed by atoms with Gasteiger partial charge in [-0.1, -0.05) is 29.3 Å². The van der Waals surface area contributed by atoms with Gasteiger partial charge in [0.25, 0.3) is 0 Å².